The molecule has 0 unspecified atom stereocenters. The van der Waals surface area contributed by atoms with E-state index in [0.717, 1.165) is 42.4 Å². The second-order valence-corrected chi connectivity index (χ2v) is 5.52. The summed E-state index contributed by atoms with van der Waals surface area (Å²) in [6, 6.07) is 14.2. The lowest BCUT2D eigenvalue weighted by Crippen LogP contribution is -2.33. The number of hydrogen-bond acceptors (Lipinski definition) is 4. The first-order chi connectivity index (χ1) is 10.8. The van der Waals surface area contributed by atoms with E-state index in [0.29, 0.717) is 5.69 Å². The Morgan fingerprint density at radius 3 is 2.86 bits per heavy atom. The van der Waals surface area contributed by atoms with Crippen LogP contribution in [0, 0.1) is 0 Å². The normalized spacial score (nSPS) is 14.1. The van der Waals surface area contributed by atoms with Crippen LogP contribution in [0.3, 0.4) is 0 Å². The Kier molecular flexibility index (Phi) is 2.92. The van der Waals surface area contributed by atoms with Gasteiger partial charge in [0.25, 0.3) is 0 Å². The van der Waals surface area contributed by atoms with Crippen molar-refractivity contribution < 1.29 is 4.74 Å². The minimum atomic E-state index is 0.662. The first-order valence-corrected chi connectivity index (χ1v) is 7.39. The number of hydrogen-bond donors (Lipinski definition) is 1. The second kappa shape index (κ2) is 4.94. The van der Waals surface area contributed by atoms with Gasteiger partial charge < -0.3 is 19.9 Å². The predicted molar refractivity (Wildman–Crippen MR) is 88.2 cm³/mol. The Morgan fingerprint density at radius 2 is 2.00 bits per heavy atom. The molecule has 2 N–H and O–H groups in total. The van der Waals surface area contributed by atoms with Crippen LogP contribution in [0.15, 0.2) is 42.5 Å². The fraction of sp³-hybridized carbons (Fsp3) is 0.235. The number of nitrogens with two attached hydrogens (primary N) is 1. The van der Waals surface area contributed by atoms with Crippen molar-refractivity contribution in [2.45, 2.75) is 13.1 Å². The molecule has 0 atom stereocenters. The number of ether oxygens (including phenoxy) is 1. The van der Waals surface area contributed by atoms with Gasteiger partial charge in [-0.05, 0) is 24.3 Å². The summed E-state index contributed by atoms with van der Waals surface area (Å²) in [5.74, 6) is 1.82. The van der Waals surface area contributed by atoms with Crippen molar-refractivity contribution in [1.82, 2.24) is 9.55 Å². The van der Waals surface area contributed by atoms with Gasteiger partial charge in [-0.2, -0.15) is 0 Å². The van der Waals surface area contributed by atoms with E-state index in [4.69, 9.17) is 15.5 Å². The van der Waals surface area contributed by atoms with Gasteiger partial charge in [-0.15, -0.1) is 0 Å². The van der Waals surface area contributed by atoms with E-state index in [2.05, 4.69) is 27.7 Å². The third kappa shape index (κ3) is 1.97. The molecule has 1 aromatic heterocycles. The molecular weight excluding hydrogens is 276 g/mol. The smallest absolute Gasteiger partial charge is 0.143 e. The zero-order chi connectivity index (χ0) is 15.1. The van der Waals surface area contributed by atoms with Crippen molar-refractivity contribution in [3.63, 3.8) is 0 Å². The number of fused-ring (bicyclic) bond motifs is 3. The van der Waals surface area contributed by atoms with Gasteiger partial charge in [-0.25, -0.2) is 4.98 Å². The molecule has 4 rings (SSSR count). The van der Waals surface area contributed by atoms with E-state index >= 15 is 0 Å². The first-order valence-electron chi connectivity index (χ1n) is 7.39. The van der Waals surface area contributed by atoms with Crippen LogP contribution < -0.4 is 15.4 Å². The Hall–Kier alpha value is -2.69. The molecule has 112 valence electrons. The Morgan fingerprint density at radius 1 is 1.14 bits per heavy atom. The quantitative estimate of drug-likeness (QED) is 0.738. The van der Waals surface area contributed by atoms with E-state index < -0.39 is 0 Å². The highest BCUT2D eigenvalue weighted by Gasteiger charge is 2.20. The third-order valence-electron chi connectivity index (χ3n) is 4.24. The van der Waals surface area contributed by atoms with E-state index in [9.17, 15) is 0 Å². The average molecular weight is 294 g/mol. The highest BCUT2D eigenvalue weighted by molar-refractivity contribution is 5.76. The fourth-order valence-electron chi connectivity index (χ4n) is 3.08. The maximum Gasteiger partial charge on any atom is 0.143 e. The summed E-state index contributed by atoms with van der Waals surface area (Å²) in [6.07, 6.45) is 0. The number of anilines is 2. The molecule has 0 amide bonds. The van der Waals surface area contributed by atoms with Gasteiger partial charge in [0.05, 0.1) is 30.4 Å². The van der Waals surface area contributed by atoms with Crippen LogP contribution >= 0.6 is 0 Å². The van der Waals surface area contributed by atoms with Crippen LogP contribution in [0.4, 0.5) is 11.4 Å². The molecule has 0 bridgehead atoms. The molecule has 22 heavy (non-hydrogen) atoms. The summed E-state index contributed by atoms with van der Waals surface area (Å²) in [5, 5.41) is 0. The number of benzene rings is 2. The zero-order valence-electron chi connectivity index (χ0n) is 12.5. The molecule has 5 nitrogen and oxygen atoms in total. The molecule has 2 aromatic carbocycles. The zero-order valence-corrected chi connectivity index (χ0v) is 12.5. The maximum absolute atomic E-state index is 5.90. The number of nitrogen functional groups attached to an aromatic ring is 1. The second-order valence-electron chi connectivity index (χ2n) is 5.52. The average Bonchev–Trinajstić information content (AvgIpc) is 2.93. The summed E-state index contributed by atoms with van der Waals surface area (Å²) in [7, 11) is 1.64. The van der Waals surface area contributed by atoms with Gasteiger partial charge in [0, 0.05) is 24.8 Å². The molecule has 1 aliphatic heterocycles. The molecule has 3 aromatic rings. The van der Waals surface area contributed by atoms with Gasteiger partial charge in [0.2, 0.25) is 0 Å². The molecule has 0 radical (unpaired) electrons. The Labute approximate surface area is 128 Å². The van der Waals surface area contributed by atoms with Crippen molar-refractivity contribution in [2.75, 3.05) is 24.3 Å². The molecule has 1 aliphatic rings. The van der Waals surface area contributed by atoms with Crippen LogP contribution in [0.5, 0.6) is 5.75 Å². The predicted octanol–water partition coefficient (Wildman–Crippen LogP) is 2.65. The summed E-state index contributed by atoms with van der Waals surface area (Å²) >= 11 is 0. The fourth-order valence-corrected chi connectivity index (χ4v) is 3.08. The van der Waals surface area contributed by atoms with Crippen LogP contribution in [0.25, 0.3) is 11.0 Å². The third-order valence-corrected chi connectivity index (χ3v) is 4.24. The number of nitrogens with zero attached hydrogens (tertiary/aromatic N) is 3. The number of methoxy groups -OCH3 is 1. The molecule has 0 aliphatic carbocycles. The van der Waals surface area contributed by atoms with Crippen molar-refractivity contribution in [3.05, 3.63) is 48.3 Å². The standard InChI is InChI=1S/C17H18N4O/c1-22-16-10-12(6-7-13(16)18)20-8-9-21-15-5-3-2-4-14(15)19-17(21)11-20/h2-7,10H,8-9,11,18H2,1H3. The highest BCUT2D eigenvalue weighted by Crippen LogP contribution is 2.30. The maximum atomic E-state index is 5.90. The van der Waals surface area contributed by atoms with Crippen LogP contribution in [-0.2, 0) is 13.1 Å². The lowest BCUT2D eigenvalue weighted by atomic mass is 10.2. The van der Waals surface area contributed by atoms with Crippen molar-refractivity contribution in [3.8, 4) is 5.75 Å². The summed E-state index contributed by atoms with van der Waals surface area (Å²) in [5.41, 5.74) is 9.95. The Balaban J connectivity index is 1.69. The van der Waals surface area contributed by atoms with Crippen molar-refractivity contribution >= 4 is 22.4 Å². The number of para-hydroxylation sites is 2. The van der Waals surface area contributed by atoms with E-state index in [1.54, 1.807) is 7.11 Å². The van der Waals surface area contributed by atoms with Gasteiger partial charge in [-0.3, -0.25) is 0 Å². The molecule has 2 heterocycles. The number of aromatic nitrogens is 2. The van der Waals surface area contributed by atoms with Crippen molar-refractivity contribution in [2.24, 2.45) is 0 Å². The molecule has 0 saturated heterocycles. The monoisotopic (exact) mass is 294 g/mol. The van der Waals surface area contributed by atoms with E-state index in [1.807, 2.05) is 24.3 Å². The molecule has 0 saturated carbocycles. The minimum absolute atomic E-state index is 0.662. The van der Waals surface area contributed by atoms with Crippen LogP contribution in [-0.4, -0.2) is 23.2 Å². The number of imidazole rings is 1. The SMILES string of the molecule is COc1cc(N2CCn3c(nc4ccccc43)C2)ccc1N. The van der Waals surface area contributed by atoms with Crippen LogP contribution in [0.2, 0.25) is 0 Å². The topological polar surface area (TPSA) is 56.3 Å². The molecule has 0 spiro atoms. The largest absolute Gasteiger partial charge is 0.495 e. The van der Waals surface area contributed by atoms with Gasteiger partial charge in [0.1, 0.15) is 11.6 Å². The van der Waals surface area contributed by atoms with E-state index in [1.165, 1.54) is 5.52 Å². The van der Waals surface area contributed by atoms with Gasteiger partial charge in [0.15, 0.2) is 0 Å². The summed E-state index contributed by atoms with van der Waals surface area (Å²) < 4.78 is 7.63. The lowest BCUT2D eigenvalue weighted by molar-refractivity contribution is 0.416. The van der Waals surface area contributed by atoms with Crippen LogP contribution in [0.1, 0.15) is 5.82 Å². The minimum Gasteiger partial charge on any atom is -0.495 e. The van der Waals surface area contributed by atoms with Crippen molar-refractivity contribution in [1.29, 1.82) is 0 Å². The van der Waals surface area contributed by atoms with Gasteiger partial charge >= 0.3 is 0 Å². The lowest BCUT2D eigenvalue weighted by Gasteiger charge is -2.30. The molecule has 5 heteroatoms. The van der Waals surface area contributed by atoms with Gasteiger partial charge in [-0.1, -0.05) is 12.1 Å². The first kappa shape index (κ1) is 13.0. The summed E-state index contributed by atoms with van der Waals surface area (Å²) in [6.45, 7) is 2.67. The molecule has 0 fully saturated rings. The Bertz CT molecular complexity index is 840. The summed E-state index contributed by atoms with van der Waals surface area (Å²) in [4.78, 5) is 7.06. The number of rotatable bonds is 2. The van der Waals surface area contributed by atoms with E-state index in [-0.39, 0.29) is 0 Å². The highest BCUT2D eigenvalue weighted by atomic mass is 16.5. The molecular formula is C17H18N4O.